The molecule has 0 spiro atoms. The average Bonchev–Trinajstić information content (AvgIpc) is 2.87. The minimum atomic E-state index is -0.399. The number of hydrogen-bond acceptors (Lipinski definition) is 3. The van der Waals surface area contributed by atoms with Gasteiger partial charge in [0, 0.05) is 18.2 Å². The van der Waals surface area contributed by atoms with Crippen molar-refractivity contribution in [1.82, 2.24) is 5.32 Å². The molecule has 1 aliphatic carbocycles. The molecule has 3 N–H and O–H groups in total. The Hall–Kier alpha value is -1.29. The molecule has 2 unspecified atom stereocenters. The van der Waals surface area contributed by atoms with Gasteiger partial charge in [0.25, 0.3) is 0 Å². The highest BCUT2D eigenvalue weighted by atomic mass is 16.3. The third kappa shape index (κ3) is 1.97. The number of nitrogens with two attached hydrogens (primary N) is 1. The van der Waals surface area contributed by atoms with Gasteiger partial charge in [0.15, 0.2) is 0 Å². The monoisotopic (exact) mass is 222 g/mol. The van der Waals surface area contributed by atoms with Gasteiger partial charge in [0.2, 0.25) is 5.91 Å². The van der Waals surface area contributed by atoms with Gasteiger partial charge in [-0.2, -0.15) is 0 Å². The number of amides is 1. The number of carbonyl (C=O) groups is 1. The summed E-state index contributed by atoms with van der Waals surface area (Å²) in [5.41, 5.74) is 6.56. The zero-order valence-electron chi connectivity index (χ0n) is 9.53. The van der Waals surface area contributed by atoms with Gasteiger partial charge in [0.1, 0.15) is 0 Å². The van der Waals surface area contributed by atoms with Crippen molar-refractivity contribution < 1.29 is 9.21 Å². The van der Waals surface area contributed by atoms with Gasteiger partial charge in [-0.25, -0.2) is 0 Å². The van der Waals surface area contributed by atoms with E-state index in [0.29, 0.717) is 6.54 Å². The predicted molar refractivity (Wildman–Crippen MR) is 60.5 cm³/mol. The Morgan fingerprint density at radius 3 is 3.12 bits per heavy atom. The highest BCUT2D eigenvalue weighted by Crippen LogP contribution is 2.36. The van der Waals surface area contributed by atoms with Crippen molar-refractivity contribution in [2.75, 3.05) is 0 Å². The van der Waals surface area contributed by atoms with Gasteiger partial charge >= 0.3 is 0 Å². The molecule has 0 aromatic carbocycles. The van der Waals surface area contributed by atoms with Gasteiger partial charge in [-0.05, 0) is 25.8 Å². The molecule has 0 bridgehead atoms. The summed E-state index contributed by atoms with van der Waals surface area (Å²) >= 11 is 0. The van der Waals surface area contributed by atoms with Crippen LogP contribution in [0.3, 0.4) is 0 Å². The van der Waals surface area contributed by atoms with E-state index >= 15 is 0 Å². The molecule has 0 aliphatic heterocycles. The number of hydrogen-bond donors (Lipinski definition) is 2. The molecular formula is C12H18N2O2. The van der Waals surface area contributed by atoms with Gasteiger partial charge < -0.3 is 15.5 Å². The molecule has 1 aromatic heterocycles. The van der Waals surface area contributed by atoms with Crippen molar-refractivity contribution in [3.63, 3.8) is 0 Å². The molecule has 1 heterocycles. The van der Waals surface area contributed by atoms with E-state index in [1.165, 1.54) is 0 Å². The highest BCUT2D eigenvalue weighted by Gasteiger charge is 2.42. The fourth-order valence-electron chi connectivity index (χ4n) is 2.25. The summed E-state index contributed by atoms with van der Waals surface area (Å²) in [6, 6.07) is 1.83. The molecule has 4 nitrogen and oxygen atoms in total. The molecule has 2 rings (SSSR count). The average molecular weight is 222 g/mol. The molecule has 16 heavy (non-hydrogen) atoms. The van der Waals surface area contributed by atoms with Crippen molar-refractivity contribution in [3.05, 3.63) is 24.2 Å². The van der Waals surface area contributed by atoms with E-state index < -0.39 is 5.41 Å². The van der Waals surface area contributed by atoms with E-state index in [0.717, 1.165) is 24.8 Å². The molecule has 1 aromatic rings. The second-order valence-electron chi connectivity index (χ2n) is 4.73. The maximum atomic E-state index is 12.1. The van der Waals surface area contributed by atoms with Crippen LogP contribution in [0.15, 0.2) is 23.0 Å². The summed E-state index contributed by atoms with van der Waals surface area (Å²) in [6.07, 6.45) is 6.10. The van der Waals surface area contributed by atoms with E-state index in [1.807, 2.05) is 13.0 Å². The Balaban J connectivity index is 1.93. The third-order valence-electron chi connectivity index (χ3n) is 3.58. The molecule has 4 heteroatoms. The number of nitrogens with one attached hydrogen (secondary N) is 1. The van der Waals surface area contributed by atoms with Crippen LogP contribution in [0, 0.1) is 5.41 Å². The number of rotatable bonds is 3. The van der Waals surface area contributed by atoms with Crippen LogP contribution in [0.5, 0.6) is 0 Å². The van der Waals surface area contributed by atoms with Crippen LogP contribution in [-0.4, -0.2) is 11.9 Å². The third-order valence-corrected chi connectivity index (χ3v) is 3.58. The summed E-state index contributed by atoms with van der Waals surface area (Å²) in [7, 11) is 0. The first kappa shape index (κ1) is 11.2. The zero-order valence-corrected chi connectivity index (χ0v) is 9.53. The van der Waals surface area contributed by atoms with Crippen molar-refractivity contribution in [2.24, 2.45) is 11.1 Å². The summed E-state index contributed by atoms with van der Waals surface area (Å²) in [5.74, 6) is 0.0544. The van der Waals surface area contributed by atoms with Crippen LogP contribution in [0.2, 0.25) is 0 Å². The molecule has 0 saturated heterocycles. The largest absolute Gasteiger partial charge is 0.472 e. The minimum Gasteiger partial charge on any atom is -0.472 e. The zero-order chi connectivity index (χ0) is 11.6. The number of carbonyl (C=O) groups excluding carboxylic acids is 1. The van der Waals surface area contributed by atoms with Crippen molar-refractivity contribution in [3.8, 4) is 0 Å². The van der Waals surface area contributed by atoms with E-state index in [1.54, 1.807) is 12.5 Å². The maximum Gasteiger partial charge on any atom is 0.227 e. The number of furan rings is 1. The Morgan fingerprint density at radius 2 is 2.56 bits per heavy atom. The van der Waals surface area contributed by atoms with Gasteiger partial charge in [0.05, 0.1) is 17.9 Å². The van der Waals surface area contributed by atoms with E-state index in [4.69, 9.17) is 10.2 Å². The first-order valence-corrected chi connectivity index (χ1v) is 5.68. The van der Waals surface area contributed by atoms with Crippen LogP contribution >= 0.6 is 0 Å². The van der Waals surface area contributed by atoms with Crippen molar-refractivity contribution >= 4 is 5.91 Å². The molecule has 2 atom stereocenters. The molecule has 1 saturated carbocycles. The maximum absolute atomic E-state index is 12.1. The van der Waals surface area contributed by atoms with Crippen molar-refractivity contribution in [1.29, 1.82) is 0 Å². The van der Waals surface area contributed by atoms with E-state index in [-0.39, 0.29) is 11.9 Å². The Bertz CT molecular complexity index is 361. The fourth-order valence-corrected chi connectivity index (χ4v) is 2.25. The van der Waals surface area contributed by atoms with Gasteiger partial charge in [-0.15, -0.1) is 0 Å². The summed E-state index contributed by atoms with van der Waals surface area (Å²) in [6.45, 7) is 2.47. The fraction of sp³-hybridized carbons (Fsp3) is 0.583. The second-order valence-corrected chi connectivity index (χ2v) is 4.73. The lowest BCUT2D eigenvalue weighted by Crippen LogP contribution is -2.47. The standard InChI is InChI=1S/C12H18N2O2/c1-12(5-2-3-10(12)13)11(15)14-7-9-4-6-16-8-9/h4,6,8,10H,2-3,5,7,13H2,1H3,(H,14,15). The van der Waals surface area contributed by atoms with Crippen LogP contribution in [0.1, 0.15) is 31.7 Å². The molecule has 1 amide bonds. The summed E-state index contributed by atoms with van der Waals surface area (Å²) in [4.78, 5) is 12.1. The molecule has 0 radical (unpaired) electrons. The summed E-state index contributed by atoms with van der Waals surface area (Å²) < 4.78 is 4.94. The van der Waals surface area contributed by atoms with Gasteiger partial charge in [-0.3, -0.25) is 4.79 Å². The first-order valence-electron chi connectivity index (χ1n) is 5.68. The van der Waals surface area contributed by atoms with Crippen LogP contribution < -0.4 is 11.1 Å². The van der Waals surface area contributed by atoms with Crippen molar-refractivity contribution in [2.45, 2.75) is 38.8 Å². The lowest BCUT2D eigenvalue weighted by atomic mass is 9.84. The van der Waals surface area contributed by atoms with E-state index in [2.05, 4.69) is 5.32 Å². The highest BCUT2D eigenvalue weighted by molar-refractivity contribution is 5.83. The van der Waals surface area contributed by atoms with E-state index in [9.17, 15) is 4.79 Å². The lowest BCUT2D eigenvalue weighted by Gasteiger charge is -2.27. The van der Waals surface area contributed by atoms with Crippen LogP contribution in [0.4, 0.5) is 0 Å². The molecular weight excluding hydrogens is 204 g/mol. The Labute approximate surface area is 95.2 Å². The first-order chi connectivity index (χ1) is 7.63. The Morgan fingerprint density at radius 1 is 1.75 bits per heavy atom. The minimum absolute atomic E-state index is 0.0168. The topological polar surface area (TPSA) is 68.3 Å². The lowest BCUT2D eigenvalue weighted by molar-refractivity contribution is -0.130. The second kappa shape index (κ2) is 4.29. The summed E-state index contributed by atoms with van der Waals surface area (Å²) in [5, 5.41) is 2.92. The van der Waals surface area contributed by atoms with Crippen LogP contribution in [-0.2, 0) is 11.3 Å². The predicted octanol–water partition coefficient (Wildman–Crippen LogP) is 1.41. The molecule has 1 fully saturated rings. The SMILES string of the molecule is CC1(C(=O)NCc2ccoc2)CCCC1N. The smallest absolute Gasteiger partial charge is 0.227 e. The Kier molecular flexibility index (Phi) is 3.01. The van der Waals surface area contributed by atoms with Crippen LogP contribution in [0.25, 0.3) is 0 Å². The molecule has 88 valence electrons. The normalized spacial score (nSPS) is 29.2. The molecule has 1 aliphatic rings. The quantitative estimate of drug-likeness (QED) is 0.812. The van der Waals surface area contributed by atoms with Gasteiger partial charge in [-0.1, -0.05) is 6.42 Å².